The number of nitrogens with zero attached hydrogens (tertiary/aromatic N) is 1. The fourth-order valence-electron chi connectivity index (χ4n) is 6.48. The lowest BCUT2D eigenvalue weighted by Gasteiger charge is -2.33. The molecule has 2 nitrogen and oxygen atoms in total. The summed E-state index contributed by atoms with van der Waals surface area (Å²) in [5, 5.41) is 2.03. The van der Waals surface area contributed by atoms with E-state index in [0.717, 1.165) is 47.6 Å². The van der Waals surface area contributed by atoms with Crippen LogP contribution in [0, 0.1) is 0 Å². The molecular formula is C32H28NOP. The summed E-state index contributed by atoms with van der Waals surface area (Å²) in [6, 6.07) is 19.2. The van der Waals surface area contributed by atoms with Gasteiger partial charge in [-0.15, -0.1) is 0 Å². The van der Waals surface area contributed by atoms with E-state index in [1.165, 1.54) is 22.5 Å². The molecule has 0 amide bonds. The first-order valence-electron chi connectivity index (χ1n) is 12.7. The van der Waals surface area contributed by atoms with Gasteiger partial charge in [0.25, 0.3) is 0 Å². The van der Waals surface area contributed by atoms with Crippen LogP contribution >= 0.6 is 7.14 Å². The molecule has 3 aliphatic carbocycles. The Morgan fingerprint density at radius 3 is 2.49 bits per heavy atom. The Morgan fingerprint density at radius 2 is 1.63 bits per heavy atom. The lowest BCUT2D eigenvalue weighted by atomic mass is 9.85. The second kappa shape index (κ2) is 8.11. The summed E-state index contributed by atoms with van der Waals surface area (Å²) in [5.41, 5.74) is 7.47. The summed E-state index contributed by atoms with van der Waals surface area (Å²) in [4.78, 5) is 0. The number of aromatic nitrogens is 1. The van der Waals surface area contributed by atoms with E-state index in [2.05, 4.69) is 114 Å². The minimum absolute atomic E-state index is 0.0782. The van der Waals surface area contributed by atoms with Crippen molar-refractivity contribution < 1.29 is 4.57 Å². The first-order valence-corrected chi connectivity index (χ1v) is 14.5. The third-order valence-electron chi connectivity index (χ3n) is 7.94. The Morgan fingerprint density at radius 1 is 0.829 bits per heavy atom. The lowest BCUT2D eigenvalue weighted by Crippen LogP contribution is -2.23. The van der Waals surface area contributed by atoms with Crippen molar-refractivity contribution in [3.8, 4) is 16.9 Å². The summed E-state index contributed by atoms with van der Waals surface area (Å²) < 4.78 is 18.0. The third kappa shape index (κ3) is 3.00. The zero-order valence-electron chi connectivity index (χ0n) is 19.7. The molecule has 7 rings (SSSR count). The highest BCUT2D eigenvalue weighted by molar-refractivity contribution is 7.77. The van der Waals surface area contributed by atoms with Gasteiger partial charge in [-0.1, -0.05) is 91.1 Å². The minimum Gasteiger partial charge on any atom is -0.313 e. The number of hydrogen-bond donors (Lipinski definition) is 0. The summed E-state index contributed by atoms with van der Waals surface area (Å²) in [6.45, 7) is 0. The maximum atomic E-state index is 15.6. The van der Waals surface area contributed by atoms with Crippen molar-refractivity contribution in [2.75, 3.05) is 0 Å². The second-order valence-electron chi connectivity index (χ2n) is 9.81. The van der Waals surface area contributed by atoms with Crippen LogP contribution in [-0.2, 0) is 11.0 Å². The van der Waals surface area contributed by atoms with E-state index in [0.29, 0.717) is 0 Å². The normalized spacial score (nSPS) is 25.8. The zero-order valence-corrected chi connectivity index (χ0v) is 20.6. The Kier molecular flexibility index (Phi) is 4.86. The highest BCUT2D eigenvalue weighted by Crippen LogP contribution is 2.67. The van der Waals surface area contributed by atoms with E-state index >= 15 is 4.57 Å². The minimum atomic E-state index is -2.95. The molecular weight excluding hydrogens is 445 g/mol. The van der Waals surface area contributed by atoms with Crippen LogP contribution in [-0.4, -0.2) is 10.2 Å². The molecule has 0 saturated heterocycles. The molecule has 0 bridgehead atoms. The van der Waals surface area contributed by atoms with Gasteiger partial charge in [-0.25, -0.2) is 0 Å². The van der Waals surface area contributed by atoms with E-state index in [1.807, 2.05) is 0 Å². The molecule has 3 aromatic rings. The molecule has 1 aromatic heterocycles. The van der Waals surface area contributed by atoms with Crippen LogP contribution in [0.4, 0.5) is 0 Å². The maximum absolute atomic E-state index is 15.6. The molecule has 0 radical (unpaired) electrons. The molecule has 2 aromatic carbocycles. The van der Waals surface area contributed by atoms with Gasteiger partial charge >= 0.3 is 0 Å². The molecule has 1 aliphatic heterocycles. The number of hydrogen-bond acceptors (Lipinski definition) is 1. The topological polar surface area (TPSA) is 22.0 Å². The number of para-hydroxylation sites is 1. The molecule has 2 heterocycles. The van der Waals surface area contributed by atoms with Crippen LogP contribution < -0.4 is 5.30 Å². The smallest absolute Gasteiger partial charge is 0.151 e. The van der Waals surface area contributed by atoms with Gasteiger partial charge in [-0.3, -0.25) is 0 Å². The zero-order chi connectivity index (χ0) is 23.4. The van der Waals surface area contributed by atoms with Gasteiger partial charge < -0.3 is 9.13 Å². The first-order chi connectivity index (χ1) is 17.3. The van der Waals surface area contributed by atoms with Crippen molar-refractivity contribution in [3.05, 3.63) is 125 Å². The predicted octanol–water partition coefficient (Wildman–Crippen LogP) is 7.92. The van der Waals surface area contributed by atoms with E-state index < -0.39 is 7.14 Å². The highest BCUT2D eigenvalue weighted by Gasteiger charge is 2.47. The molecule has 3 atom stereocenters. The lowest BCUT2D eigenvalue weighted by molar-refractivity contribution is 0.577. The van der Waals surface area contributed by atoms with E-state index in [-0.39, 0.29) is 11.6 Å². The summed E-state index contributed by atoms with van der Waals surface area (Å²) in [6.07, 6.45) is 24.0. The van der Waals surface area contributed by atoms with Gasteiger partial charge in [0, 0.05) is 39.1 Å². The summed E-state index contributed by atoms with van der Waals surface area (Å²) in [7, 11) is -2.95. The molecule has 3 heteroatoms. The van der Waals surface area contributed by atoms with Crippen LogP contribution in [0.25, 0.3) is 23.0 Å². The average molecular weight is 474 g/mol. The monoisotopic (exact) mass is 473 g/mol. The van der Waals surface area contributed by atoms with Crippen molar-refractivity contribution in [1.29, 1.82) is 0 Å². The van der Waals surface area contributed by atoms with E-state index in [9.17, 15) is 0 Å². The SMILES string of the molecule is O=P1(C2=CCCC=C2)c2ccccc2-c2c(c3c(n2-c2ccccc2)C=CCC3)C2C=CC=CC21. The largest absolute Gasteiger partial charge is 0.313 e. The van der Waals surface area contributed by atoms with Gasteiger partial charge in [-0.2, -0.15) is 0 Å². The van der Waals surface area contributed by atoms with E-state index in [4.69, 9.17) is 0 Å². The third-order valence-corrected chi connectivity index (χ3v) is 11.5. The Hall–Kier alpha value is -3.35. The standard InChI is InChI=1S/C32H28NOP/c34-35(24-15-5-2-6-16-24)29-21-11-8-18-26(29)31-25-17-7-10-20-28(25)33(23-13-3-1-4-14-23)32(31)27-19-9-12-22-30(27)35/h1,3-5,8-16,18-22,26,29H,2,6-7,17H2. The number of rotatable bonds is 2. The van der Waals surface area contributed by atoms with Crippen molar-refractivity contribution in [1.82, 2.24) is 4.57 Å². The van der Waals surface area contributed by atoms with Crippen LogP contribution in [0.5, 0.6) is 0 Å². The Bertz CT molecular complexity index is 1530. The Balaban J connectivity index is 1.63. The second-order valence-corrected chi connectivity index (χ2v) is 12.7. The summed E-state index contributed by atoms with van der Waals surface area (Å²) >= 11 is 0. The summed E-state index contributed by atoms with van der Waals surface area (Å²) in [5.74, 6) is 0.0784. The Labute approximate surface area is 207 Å². The van der Waals surface area contributed by atoms with E-state index in [1.54, 1.807) is 0 Å². The van der Waals surface area contributed by atoms with Gasteiger partial charge in [0.2, 0.25) is 0 Å². The molecule has 3 unspecified atom stereocenters. The van der Waals surface area contributed by atoms with Crippen molar-refractivity contribution in [3.63, 3.8) is 0 Å². The predicted molar refractivity (Wildman–Crippen MR) is 147 cm³/mol. The molecule has 4 aliphatic rings. The molecule has 0 spiro atoms. The van der Waals surface area contributed by atoms with Crippen LogP contribution in [0.2, 0.25) is 0 Å². The van der Waals surface area contributed by atoms with Crippen LogP contribution in [0.3, 0.4) is 0 Å². The fourth-order valence-corrected chi connectivity index (χ4v) is 10.0. The molecule has 0 N–H and O–H groups in total. The first kappa shape index (κ1) is 21.0. The van der Waals surface area contributed by atoms with Gasteiger partial charge in [0.1, 0.15) is 0 Å². The van der Waals surface area contributed by atoms with Gasteiger partial charge in [0.05, 0.1) is 5.69 Å². The van der Waals surface area contributed by atoms with Crippen molar-refractivity contribution in [2.45, 2.75) is 37.3 Å². The quantitative estimate of drug-likeness (QED) is 0.347. The van der Waals surface area contributed by atoms with Crippen LogP contribution in [0.15, 0.2) is 109 Å². The van der Waals surface area contributed by atoms with Crippen molar-refractivity contribution in [2.24, 2.45) is 0 Å². The van der Waals surface area contributed by atoms with Crippen molar-refractivity contribution >= 4 is 18.5 Å². The molecule has 0 fully saturated rings. The molecule has 35 heavy (non-hydrogen) atoms. The molecule has 172 valence electrons. The maximum Gasteiger partial charge on any atom is 0.151 e. The number of allylic oxidation sites excluding steroid dienone is 9. The highest BCUT2D eigenvalue weighted by atomic mass is 31.2. The number of fused-ring (bicyclic) bond motifs is 7. The number of benzene rings is 2. The van der Waals surface area contributed by atoms with Gasteiger partial charge in [-0.05, 0) is 55.0 Å². The molecule has 0 saturated carbocycles. The van der Waals surface area contributed by atoms with Gasteiger partial charge in [0.15, 0.2) is 7.14 Å². The average Bonchev–Trinajstić information content (AvgIpc) is 3.24. The van der Waals surface area contributed by atoms with Crippen LogP contribution in [0.1, 0.15) is 42.0 Å². The fraction of sp³-hybridized carbons (Fsp3) is 0.188.